The zero-order chi connectivity index (χ0) is 13.0. The second-order valence-electron chi connectivity index (χ2n) is 5.03. The van der Waals surface area contributed by atoms with Gasteiger partial charge in [0.2, 0.25) is 0 Å². The fourth-order valence-electron chi connectivity index (χ4n) is 2.21. The third kappa shape index (κ3) is 2.70. The Morgan fingerprint density at radius 3 is 2.83 bits per heavy atom. The molecule has 0 aliphatic rings. The molecule has 0 aliphatic carbocycles. The number of unbranched alkanes of at least 4 members (excludes halogenated alkanes) is 1. The number of hydrogen-bond donors (Lipinski definition) is 0. The summed E-state index contributed by atoms with van der Waals surface area (Å²) in [7, 11) is 0. The van der Waals surface area contributed by atoms with E-state index in [0.29, 0.717) is 12.3 Å². The van der Waals surface area contributed by atoms with Crippen molar-refractivity contribution in [2.45, 2.75) is 39.7 Å². The van der Waals surface area contributed by atoms with Crippen LogP contribution < -0.4 is 0 Å². The summed E-state index contributed by atoms with van der Waals surface area (Å²) < 4.78 is 2.30. The monoisotopic (exact) mass is 241 g/mol. The summed E-state index contributed by atoms with van der Waals surface area (Å²) >= 11 is 0. The number of hydrogen-bond acceptors (Lipinski definition) is 2. The minimum Gasteiger partial charge on any atom is -0.328 e. The van der Waals surface area contributed by atoms with E-state index >= 15 is 0 Å². The molecule has 1 heterocycles. The number of rotatable bonds is 5. The lowest BCUT2D eigenvalue weighted by atomic mass is 10.2. The first-order valence-electron chi connectivity index (χ1n) is 6.53. The van der Waals surface area contributed by atoms with Crippen molar-refractivity contribution in [3.05, 3.63) is 30.1 Å². The Kier molecular flexibility index (Phi) is 3.99. The van der Waals surface area contributed by atoms with Crippen molar-refractivity contribution in [3.8, 4) is 6.07 Å². The number of aromatic nitrogens is 2. The first-order valence-corrected chi connectivity index (χ1v) is 6.53. The third-order valence-electron chi connectivity index (χ3n) is 2.97. The van der Waals surface area contributed by atoms with Crippen molar-refractivity contribution < 1.29 is 0 Å². The van der Waals surface area contributed by atoms with Crippen LogP contribution in [0.1, 0.15) is 32.5 Å². The van der Waals surface area contributed by atoms with E-state index in [9.17, 15) is 0 Å². The molecular weight excluding hydrogens is 222 g/mol. The molecule has 0 bridgehead atoms. The number of nitrogens with zero attached hydrogens (tertiary/aromatic N) is 3. The van der Waals surface area contributed by atoms with Crippen LogP contribution in [0.15, 0.2) is 24.3 Å². The Balaban J connectivity index is 2.34. The van der Waals surface area contributed by atoms with Crippen molar-refractivity contribution in [2.24, 2.45) is 5.92 Å². The van der Waals surface area contributed by atoms with Gasteiger partial charge in [0.15, 0.2) is 0 Å². The standard InChI is InChI=1S/C15H19N3/c1-12(2)11-18-14-8-4-3-7-13(14)17-15(18)9-5-6-10-16/h3-4,7-8,12H,5-6,9,11H2,1-2H3. The van der Waals surface area contributed by atoms with Crippen LogP contribution in [0.3, 0.4) is 0 Å². The fourth-order valence-corrected chi connectivity index (χ4v) is 2.21. The minimum atomic E-state index is 0.595. The van der Waals surface area contributed by atoms with E-state index in [1.54, 1.807) is 0 Å². The van der Waals surface area contributed by atoms with Crippen LogP contribution in [0.4, 0.5) is 0 Å². The topological polar surface area (TPSA) is 41.6 Å². The van der Waals surface area contributed by atoms with Gasteiger partial charge in [0, 0.05) is 19.4 Å². The molecule has 0 saturated carbocycles. The maximum atomic E-state index is 8.62. The zero-order valence-electron chi connectivity index (χ0n) is 11.1. The Bertz CT molecular complexity index is 561. The van der Waals surface area contributed by atoms with E-state index in [4.69, 9.17) is 10.2 Å². The maximum Gasteiger partial charge on any atom is 0.109 e. The summed E-state index contributed by atoms with van der Waals surface area (Å²) in [5.41, 5.74) is 2.27. The molecule has 0 fully saturated rings. The van der Waals surface area contributed by atoms with Crippen molar-refractivity contribution in [1.82, 2.24) is 9.55 Å². The SMILES string of the molecule is CC(C)Cn1c(CCCC#N)nc2ccccc21. The van der Waals surface area contributed by atoms with Crippen LogP contribution in [0.2, 0.25) is 0 Å². The quantitative estimate of drug-likeness (QED) is 0.751. The molecule has 94 valence electrons. The van der Waals surface area contributed by atoms with E-state index in [0.717, 1.165) is 30.7 Å². The number of aryl methyl sites for hydroxylation is 1. The number of benzene rings is 1. The molecule has 0 spiro atoms. The molecule has 0 atom stereocenters. The van der Waals surface area contributed by atoms with Gasteiger partial charge in [-0.05, 0) is 24.5 Å². The van der Waals surface area contributed by atoms with Crippen LogP contribution >= 0.6 is 0 Å². The second kappa shape index (κ2) is 5.68. The summed E-state index contributed by atoms with van der Waals surface area (Å²) in [6, 6.07) is 10.5. The molecule has 1 aromatic carbocycles. The van der Waals surface area contributed by atoms with Gasteiger partial charge in [-0.3, -0.25) is 0 Å². The average Bonchev–Trinajstić information content (AvgIpc) is 2.68. The molecule has 2 aromatic rings. The molecule has 2 rings (SSSR count). The van der Waals surface area contributed by atoms with E-state index in [2.05, 4.69) is 42.7 Å². The minimum absolute atomic E-state index is 0.595. The summed E-state index contributed by atoms with van der Waals surface area (Å²) in [6.45, 7) is 5.42. The van der Waals surface area contributed by atoms with E-state index in [1.807, 2.05) is 6.07 Å². The van der Waals surface area contributed by atoms with Crippen molar-refractivity contribution in [2.75, 3.05) is 0 Å². The van der Waals surface area contributed by atoms with Gasteiger partial charge in [-0.1, -0.05) is 26.0 Å². The highest BCUT2D eigenvalue weighted by molar-refractivity contribution is 5.75. The fraction of sp³-hybridized carbons (Fsp3) is 0.467. The highest BCUT2D eigenvalue weighted by Gasteiger charge is 2.10. The number of fused-ring (bicyclic) bond motifs is 1. The molecule has 18 heavy (non-hydrogen) atoms. The normalized spacial score (nSPS) is 11.0. The zero-order valence-corrected chi connectivity index (χ0v) is 11.1. The maximum absolute atomic E-state index is 8.62. The van der Waals surface area contributed by atoms with Crippen LogP contribution in [0.5, 0.6) is 0 Å². The predicted molar refractivity (Wildman–Crippen MR) is 73.1 cm³/mol. The van der Waals surface area contributed by atoms with Crippen molar-refractivity contribution >= 4 is 11.0 Å². The van der Waals surface area contributed by atoms with E-state index in [-0.39, 0.29) is 0 Å². The predicted octanol–water partition coefficient (Wildman–Crippen LogP) is 3.54. The number of imidazole rings is 1. The second-order valence-corrected chi connectivity index (χ2v) is 5.03. The van der Waals surface area contributed by atoms with Gasteiger partial charge in [-0.2, -0.15) is 5.26 Å². The van der Waals surface area contributed by atoms with Gasteiger partial charge in [-0.15, -0.1) is 0 Å². The van der Waals surface area contributed by atoms with Gasteiger partial charge in [0.25, 0.3) is 0 Å². The largest absolute Gasteiger partial charge is 0.328 e. The van der Waals surface area contributed by atoms with Crippen LogP contribution in [0, 0.1) is 17.2 Å². The van der Waals surface area contributed by atoms with Gasteiger partial charge >= 0.3 is 0 Å². The van der Waals surface area contributed by atoms with Crippen LogP contribution in [0.25, 0.3) is 11.0 Å². The Hall–Kier alpha value is -1.82. The smallest absolute Gasteiger partial charge is 0.109 e. The summed E-state index contributed by atoms with van der Waals surface area (Å²) in [6.07, 6.45) is 2.37. The summed E-state index contributed by atoms with van der Waals surface area (Å²) in [5.74, 6) is 1.71. The molecule has 3 nitrogen and oxygen atoms in total. The van der Waals surface area contributed by atoms with Gasteiger partial charge < -0.3 is 4.57 Å². The Morgan fingerprint density at radius 2 is 2.11 bits per heavy atom. The first kappa shape index (κ1) is 12.6. The summed E-state index contributed by atoms with van der Waals surface area (Å²) in [5, 5.41) is 8.62. The van der Waals surface area contributed by atoms with Crippen LogP contribution in [-0.2, 0) is 13.0 Å². The van der Waals surface area contributed by atoms with Crippen molar-refractivity contribution in [1.29, 1.82) is 5.26 Å². The molecule has 0 N–H and O–H groups in total. The Morgan fingerprint density at radius 1 is 1.33 bits per heavy atom. The lowest BCUT2D eigenvalue weighted by Gasteiger charge is -2.11. The average molecular weight is 241 g/mol. The molecule has 1 aromatic heterocycles. The summed E-state index contributed by atoms with van der Waals surface area (Å²) in [4.78, 5) is 4.69. The lowest BCUT2D eigenvalue weighted by molar-refractivity contribution is 0.514. The lowest BCUT2D eigenvalue weighted by Crippen LogP contribution is -2.08. The van der Waals surface area contributed by atoms with Gasteiger partial charge in [0.05, 0.1) is 17.1 Å². The molecule has 3 heteroatoms. The molecule has 0 aliphatic heterocycles. The van der Waals surface area contributed by atoms with Gasteiger partial charge in [-0.25, -0.2) is 4.98 Å². The molecule has 0 amide bonds. The highest BCUT2D eigenvalue weighted by atomic mass is 15.1. The number of para-hydroxylation sites is 2. The molecule has 0 unspecified atom stereocenters. The molecule has 0 saturated heterocycles. The van der Waals surface area contributed by atoms with Crippen molar-refractivity contribution in [3.63, 3.8) is 0 Å². The Labute approximate surface area is 108 Å². The highest BCUT2D eigenvalue weighted by Crippen LogP contribution is 2.19. The van der Waals surface area contributed by atoms with E-state index < -0.39 is 0 Å². The van der Waals surface area contributed by atoms with Gasteiger partial charge in [0.1, 0.15) is 5.82 Å². The first-order chi connectivity index (χ1) is 8.72. The number of nitriles is 1. The van der Waals surface area contributed by atoms with Crippen LogP contribution in [-0.4, -0.2) is 9.55 Å². The van der Waals surface area contributed by atoms with E-state index in [1.165, 1.54) is 5.52 Å². The molecular formula is C15H19N3. The molecule has 0 radical (unpaired) electrons. The third-order valence-corrected chi connectivity index (χ3v) is 2.97.